The Kier molecular flexibility index (Phi) is 11.8. The van der Waals surface area contributed by atoms with E-state index in [0.29, 0.717) is 31.0 Å². The van der Waals surface area contributed by atoms with Crippen molar-refractivity contribution < 1.29 is 22.7 Å². The third kappa shape index (κ3) is 8.57. The summed E-state index contributed by atoms with van der Waals surface area (Å²) in [6, 6.07) is 21.8. The lowest BCUT2D eigenvalue weighted by atomic mass is 10.1. The van der Waals surface area contributed by atoms with Crippen molar-refractivity contribution in [2.45, 2.75) is 64.4 Å². The number of hydrogen-bond donors (Lipinski definition) is 1. The number of unbranched alkanes of at least 4 members (excludes halogenated alkanes) is 1. The number of nitrogens with one attached hydrogen (secondary N) is 1. The van der Waals surface area contributed by atoms with Crippen LogP contribution in [0.4, 0.5) is 5.69 Å². The van der Waals surface area contributed by atoms with Gasteiger partial charge in [-0.2, -0.15) is 0 Å². The molecule has 0 bridgehead atoms. The number of hydrogen-bond acceptors (Lipinski definition) is 5. The zero-order valence-electron chi connectivity index (χ0n) is 24.4. The number of rotatable bonds is 15. The van der Waals surface area contributed by atoms with Crippen molar-refractivity contribution in [3.05, 3.63) is 90.0 Å². The van der Waals surface area contributed by atoms with Crippen molar-refractivity contribution in [3.8, 4) is 5.75 Å². The maximum atomic E-state index is 14.1. The van der Waals surface area contributed by atoms with Gasteiger partial charge in [0.25, 0.3) is 10.0 Å². The molecule has 0 unspecified atom stereocenters. The Morgan fingerprint density at radius 2 is 1.56 bits per heavy atom. The van der Waals surface area contributed by atoms with Crippen LogP contribution in [0.25, 0.3) is 0 Å². The van der Waals surface area contributed by atoms with Crippen LogP contribution in [0, 0.1) is 6.92 Å². The maximum Gasteiger partial charge on any atom is 0.264 e. The third-order valence-corrected chi connectivity index (χ3v) is 8.52. The van der Waals surface area contributed by atoms with Gasteiger partial charge in [0, 0.05) is 13.1 Å². The van der Waals surface area contributed by atoms with Gasteiger partial charge in [0.05, 0.1) is 17.2 Å². The first-order valence-electron chi connectivity index (χ1n) is 14.1. The summed E-state index contributed by atoms with van der Waals surface area (Å²) in [7, 11) is -4.12. The second kappa shape index (κ2) is 15.2. The fourth-order valence-corrected chi connectivity index (χ4v) is 5.86. The number of anilines is 1. The highest BCUT2D eigenvalue weighted by Crippen LogP contribution is 2.27. The molecule has 0 aromatic heterocycles. The summed E-state index contributed by atoms with van der Waals surface area (Å²) in [5, 5.41) is 2.94. The molecule has 220 valence electrons. The number of carbonyl (C=O) groups is 2. The second-order valence-electron chi connectivity index (χ2n) is 9.83. The van der Waals surface area contributed by atoms with E-state index in [2.05, 4.69) is 5.32 Å². The lowest BCUT2D eigenvalue weighted by Crippen LogP contribution is -2.52. The molecule has 0 saturated carbocycles. The summed E-state index contributed by atoms with van der Waals surface area (Å²) in [6.07, 6.45) is 2.14. The SMILES string of the molecule is CCCCNC(=O)[C@@H](CC)N(Cc1ccccc1)C(=O)CN(c1ccc(OCC)cc1)S(=O)(=O)c1ccc(C)cc1. The number of sulfonamides is 1. The summed E-state index contributed by atoms with van der Waals surface area (Å²) in [5.41, 5.74) is 2.08. The van der Waals surface area contributed by atoms with Gasteiger partial charge in [-0.1, -0.05) is 68.3 Å². The van der Waals surface area contributed by atoms with Crippen LogP contribution in [0.5, 0.6) is 5.75 Å². The van der Waals surface area contributed by atoms with Crippen molar-refractivity contribution in [1.29, 1.82) is 0 Å². The van der Waals surface area contributed by atoms with E-state index in [-0.39, 0.29) is 17.3 Å². The van der Waals surface area contributed by atoms with E-state index in [0.717, 1.165) is 28.3 Å². The van der Waals surface area contributed by atoms with Crippen LogP contribution in [-0.4, -0.2) is 50.9 Å². The molecular formula is C32H41N3O5S. The van der Waals surface area contributed by atoms with Gasteiger partial charge >= 0.3 is 0 Å². The van der Waals surface area contributed by atoms with Gasteiger partial charge in [0.2, 0.25) is 11.8 Å². The Hall–Kier alpha value is -3.85. The first-order chi connectivity index (χ1) is 19.7. The van der Waals surface area contributed by atoms with E-state index >= 15 is 0 Å². The highest BCUT2D eigenvalue weighted by atomic mass is 32.2. The largest absolute Gasteiger partial charge is 0.494 e. The van der Waals surface area contributed by atoms with Crippen LogP contribution >= 0.6 is 0 Å². The average Bonchev–Trinajstić information content (AvgIpc) is 2.97. The van der Waals surface area contributed by atoms with Crippen molar-refractivity contribution >= 4 is 27.5 Å². The van der Waals surface area contributed by atoms with Gasteiger partial charge in [-0.3, -0.25) is 13.9 Å². The van der Waals surface area contributed by atoms with Crippen LogP contribution in [-0.2, 0) is 26.2 Å². The van der Waals surface area contributed by atoms with Gasteiger partial charge in [0.1, 0.15) is 18.3 Å². The third-order valence-electron chi connectivity index (χ3n) is 6.73. The standard InChI is InChI=1S/C32H41N3O5S/c1-5-8-22-33-32(37)30(6-2)34(23-26-12-10-9-11-13-26)31(36)24-35(27-16-18-28(19-17-27)40-7-3)41(38,39)29-20-14-25(4)15-21-29/h9-21,30H,5-8,22-24H2,1-4H3,(H,33,37)/t30-/m1/s1. The van der Waals surface area contributed by atoms with Crippen molar-refractivity contribution in [2.24, 2.45) is 0 Å². The summed E-state index contributed by atoms with van der Waals surface area (Å²) < 4.78 is 34.6. The smallest absolute Gasteiger partial charge is 0.264 e. The van der Waals surface area contributed by atoms with Crippen molar-refractivity contribution in [3.63, 3.8) is 0 Å². The molecule has 0 fully saturated rings. The quantitative estimate of drug-likeness (QED) is 0.246. The zero-order valence-corrected chi connectivity index (χ0v) is 25.2. The minimum atomic E-state index is -4.12. The molecule has 0 saturated heterocycles. The van der Waals surface area contributed by atoms with Gasteiger partial charge in [-0.25, -0.2) is 8.42 Å². The molecule has 3 aromatic carbocycles. The summed E-state index contributed by atoms with van der Waals surface area (Å²) in [6.45, 7) is 8.31. The molecule has 0 aliphatic carbocycles. The molecule has 0 spiro atoms. The van der Waals surface area contributed by atoms with Crippen molar-refractivity contribution in [1.82, 2.24) is 10.2 Å². The molecule has 1 atom stereocenters. The molecule has 8 nitrogen and oxygen atoms in total. The number of carbonyl (C=O) groups excluding carboxylic acids is 2. The first-order valence-corrected chi connectivity index (χ1v) is 15.6. The number of aryl methyl sites for hydroxylation is 1. The summed E-state index contributed by atoms with van der Waals surface area (Å²) >= 11 is 0. The molecule has 0 aliphatic rings. The number of ether oxygens (including phenoxy) is 1. The minimum Gasteiger partial charge on any atom is -0.494 e. The Labute approximate surface area is 244 Å². The topological polar surface area (TPSA) is 96.0 Å². The normalized spacial score (nSPS) is 11.9. The molecule has 2 amide bonds. The van der Waals surface area contributed by atoms with Gasteiger partial charge in [0.15, 0.2) is 0 Å². The maximum absolute atomic E-state index is 14.1. The molecule has 3 aromatic rings. The minimum absolute atomic E-state index is 0.0729. The van der Waals surface area contributed by atoms with E-state index in [4.69, 9.17) is 4.74 Å². The summed E-state index contributed by atoms with van der Waals surface area (Å²) in [4.78, 5) is 28.9. The average molecular weight is 580 g/mol. The van der Waals surface area contributed by atoms with Crippen LogP contribution in [0.15, 0.2) is 83.8 Å². The molecule has 0 aliphatic heterocycles. The fraction of sp³-hybridized carbons (Fsp3) is 0.375. The predicted molar refractivity (Wildman–Crippen MR) is 162 cm³/mol. The molecule has 0 radical (unpaired) electrons. The number of amides is 2. The van der Waals surface area contributed by atoms with Crippen molar-refractivity contribution in [2.75, 3.05) is 24.0 Å². The van der Waals surface area contributed by atoms with E-state index in [1.165, 1.54) is 17.0 Å². The second-order valence-corrected chi connectivity index (χ2v) is 11.7. The molecule has 0 heterocycles. The molecule has 41 heavy (non-hydrogen) atoms. The Balaban J connectivity index is 2.02. The van der Waals surface area contributed by atoms with E-state index in [9.17, 15) is 18.0 Å². The molecule has 3 rings (SSSR count). The summed E-state index contributed by atoms with van der Waals surface area (Å²) in [5.74, 6) is -0.133. The van der Waals surface area contributed by atoms with E-state index in [1.54, 1.807) is 36.4 Å². The van der Waals surface area contributed by atoms with Crippen LogP contribution in [0.1, 0.15) is 51.2 Å². The van der Waals surface area contributed by atoms with Crippen LogP contribution < -0.4 is 14.4 Å². The predicted octanol–water partition coefficient (Wildman–Crippen LogP) is 5.31. The Morgan fingerprint density at radius 3 is 2.15 bits per heavy atom. The van der Waals surface area contributed by atoms with Crippen LogP contribution in [0.3, 0.4) is 0 Å². The number of nitrogens with zero attached hydrogens (tertiary/aromatic N) is 2. The lowest BCUT2D eigenvalue weighted by Gasteiger charge is -2.33. The number of benzene rings is 3. The monoisotopic (exact) mass is 579 g/mol. The Morgan fingerprint density at radius 1 is 0.902 bits per heavy atom. The first kappa shape index (κ1) is 31.7. The highest BCUT2D eigenvalue weighted by molar-refractivity contribution is 7.92. The lowest BCUT2D eigenvalue weighted by molar-refractivity contribution is -0.140. The van der Waals surface area contributed by atoms with E-state index in [1.807, 2.05) is 58.0 Å². The molecule has 1 N–H and O–H groups in total. The van der Waals surface area contributed by atoms with Crippen LogP contribution in [0.2, 0.25) is 0 Å². The van der Waals surface area contributed by atoms with E-state index < -0.39 is 28.5 Å². The van der Waals surface area contributed by atoms with Gasteiger partial charge in [-0.15, -0.1) is 0 Å². The van der Waals surface area contributed by atoms with Gasteiger partial charge in [-0.05, 0) is 68.7 Å². The Bertz CT molecular complexity index is 1360. The van der Waals surface area contributed by atoms with Gasteiger partial charge < -0.3 is 15.0 Å². The zero-order chi connectivity index (χ0) is 29.8. The molecule has 9 heteroatoms. The molecular weight excluding hydrogens is 538 g/mol. The fourth-order valence-electron chi connectivity index (χ4n) is 4.45. The highest BCUT2D eigenvalue weighted by Gasteiger charge is 2.33.